The molecule has 0 bridgehead atoms. The molecular weight excluding hydrogens is 262 g/mol. The third-order valence-corrected chi connectivity index (χ3v) is 3.99. The van der Waals surface area contributed by atoms with E-state index in [1.165, 1.54) is 0 Å². The van der Waals surface area contributed by atoms with Crippen LogP contribution in [0, 0.1) is 6.92 Å². The van der Waals surface area contributed by atoms with Crippen molar-refractivity contribution < 1.29 is 9.90 Å². The fourth-order valence-electron chi connectivity index (χ4n) is 2.09. The van der Waals surface area contributed by atoms with E-state index >= 15 is 0 Å². The first-order valence-electron chi connectivity index (χ1n) is 6.46. The summed E-state index contributed by atoms with van der Waals surface area (Å²) in [5, 5.41) is 11.0. The average Bonchev–Trinajstić information content (AvgIpc) is 2.92. The van der Waals surface area contributed by atoms with Gasteiger partial charge in [-0.25, -0.2) is 4.98 Å². The molecule has 0 saturated heterocycles. The van der Waals surface area contributed by atoms with Crippen molar-refractivity contribution in [2.24, 2.45) is 0 Å². The first kappa shape index (κ1) is 14.0. The molecule has 0 unspecified atom stereocenters. The highest BCUT2D eigenvalue weighted by molar-refractivity contribution is 7.15. The molecule has 2 heterocycles. The molecule has 1 N–H and O–H groups in total. The number of hydrogen-bond donors (Lipinski definition) is 1. The SMILES string of the molecule is CCN(CCO)C(=O)CCc1csc2nc(C)cn12. The van der Waals surface area contributed by atoms with Crippen LogP contribution in [0.5, 0.6) is 0 Å². The molecule has 0 fully saturated rings. The zero-order chi connectivity index (χ0) is 13.8. The van der Waals surface area contributed by atoms with Crippen molar-refractivity contribution in [3.8, 4) is 0 Å². The zero-order valence-electron chi connectivity index (χ0n) is 11.3. The number of hydrogen-bond acceptors (Lipinski definition) is 4. The molecule has 0 aliphatic heterocycles. The summed E-state index contributed by atoms with van der Waals surface area (Å²) in [5.74, 6) is 0.0905. The standard InChI is InChI=1S/C13H19N3O2S/c1-3-15(6-7-17)12(18)5-4-11-9-19-13-14-10(2)8-16(11)13/h8-9,17H,3-7H2,1-2H3. The molecule has 0 aliphatic rings. The van der Waals surface area contributed by atoms with Gasteiger partial charge in [-0.2, -0.15) is 0 Å². The summed E-state index contributed by atoms with van der Waals surface area (Å²) in [5.41, 5.74) is 2.11. The first-order chi connectivity index (χ1) is 9.15. The van der Waals surface area contributed by atoms with Crippen LogP contribution in [-0.2, 0) is 11.2 Å². The van der Waals surface area contributed by atoms with E-state index < -0.39 is 0 Å². The Morgan fingerprint density at radius 3 is 3.05 bits per heavy atom. The Bertz CT molecular complexity index is 561. The molecule has 0 saturated carbocycles. The number of amides is 1. The van der Waals surface area contributed by atoms with E-state index in [1.807, 2.05) is 20.0 Å². The molecule has 1 amide bonds. The Labute approximate surface area is 116 Å². The molecule has 0 radical (unpaired) electrons. The number of likely N-dealkylation sites (N-methyl/N-ethyl adjacent to an activating group) is 1. The molecule has 6 heteroatoms. The first-order valence-corrected chi connectivity index (χ1v) is 7.34. The van der Waals surface area contributed by atoms with E-state index in [0.29, 0.717) is 25.9 Å². The monoisotopic (exact) mass is 281 g/mol. The minimum Gasteiger partial charge on any atom is -0.395 e. The lowest BCUT2D eigenvalue weighted by Crippen LogP contribution is -2.33. The summed E-state index contributed by atoms with van der Waals surface area (Å²) in [7, 11) is 0. The lowest BCUT2D eigenvalue weighted by atomic mass is 10.2. The smallest absolute Gasteiger partial charge is 0.223 e. The van der Waals surface area contributed by atoms with Gasteiger partial charge in [0.25, 0.3) is 0 Å². The Morgan fingerprint density at radius 1 is 1.58 bits per heavy atom. The molecule has 2 aromatic rings. The average molecular weight is 281 g/mol. The Hall–Kier alpha value is -1.40. The molecule has 0 atom stereocenters. The van der Waals surface area contributed by atoms with Crippen LogP contribution in [-0.4, -0.2) is 45.0 Å². The molecule has 2 rings (SSSR count). The number of rotatable bonds is 6. The lowest BCUT2D eigenvalue weighted by Gasteiger charge is -2.19. The summed E-state index contributed by atoms with van der Waals surface area (Å²) < 4.78 is 2.05. The molecular formula is C13H19N3O2S. The fraction of sp³-hybridized carbons (Fsp3) is 0.538. The summed E-state index contributed by atoms with van der Waals surface area (Å²) >= 11 is 1.60. The second-order valence-electron chi connectivity index (χ2n) is 4.46. The van der Waals surface area contributed by atoms with Gasteiger partial charge < -0.3 is 10.0 Å². The molecule has 19 heavy (non-hydrogen) atoms. The number of aryl methyl sites for hydroxylation is 2. The molecule has 104 valence electrons. The van der Waals surface area contributed by atoms with Crippen LogP contribution in [0.1, 0.15) is 24.7 Å². The maximum atomic E-state index is 12.0. The minimum atomic E-state index is 0.0169. The number of thiazole rings is 1. The number of fused-ring (bicyclic) bond motifs is 1. The maximum absolute atomic E-state index is 12.0. The van der Waals surface area contributed by atoms with Crippen LogP contribution >= 0.6 is 11.3 Å². The molecule has 2 aromatic heterocycles. The van der Waals surface area contributed by atoms with Crippen molar-refractivity contribution in [3.63, 3.8) is 0 Å². The third kappa shape index (κ3) is 3.13. The van der Waals surface area contributed by atoms with Gasteiger partial charge >= 0.3 is 0 Å². The quantitative estimate of drug-likeness (QED) is 0.872. The zero-order valence-corrected chi connectivity index (χ0v) is 12.1. The van der Waals surface area contributed by atoms with Gasteiger partial charge in [-0.05, 0) is 20.3 Å². The molecule has 0 aromatic carbocycles. The number of imidazole rings is 1. The van der Waals surface area contributed by atoms with E-state index in [2.05, 4.69) is 14.8 Å². The summed E-state index contributed by atoms with van der Waals surface area (Å²) in [6.07, 6.45) is 3.17. The van der Waals surface area contributed by atoms with Gasteiger partial charge in [0.1, 0.15) is 0 Å². The second-order valence-corrected chi connectivity index (χ2v) is 5.30. The predicted octanol–water partition coefficient (Wildman–Crippen LogP) is 1.48. The van der Waals surface area contributed by atoms with Gasteiger partial charge in [-0.15, -0.1) is 11.3 Å². The van der Waals surface area contributed by atoms with Crippen LogP contribution in [0.2, 0.25) is 0 Å². The Balaban J connectivity index is 1.99. The minimum absolute atomic E-state index is 0.0169. The number of aliphatic hydroxyl groups excluding tert-OH is 1. The number of carbonyl (C=O) groups is 1. The van der Waals surface area contributed by atoms with Crippen molar-refractivity contribution in [1.29, 1.82) is 0 Å². The van der Waals surface area contributed by atoms with Gasteiger partial charge in [-0.3, -0.25) is 9.20 Å². The van der Waals surface area contributed by atoms with E-state index in [-0.39, 0.29) is 12.5 Å². The third-order valence-electron chi connectivity index (χ3n) is 3.10. The van der Waals surface area contributed by atoms with Crippen molar-refractivity contribution in [2.75, 3.05) is 19.7 Å². The summed E-state index contributed by atoms with van der Waals surface area (Å²) in [6.45, 7) is 4.97. The highest BCUT2D eigenvalue weighted by Crippen LogP contribution is 2.18. The topological polar surface area (TPSA) is 57.8 Å². The fourth-order valence-corrected chi connectivity index (χ4v) is 3.05. The van der Waals surface area contributed by atoms with Crippen LogP contribution in [0.15, 0.2) is 11.6 Å². The number of carbonyl (C=O) groups excluding carboxylic acids is 1. The lowest BCUT2D eigenvalue weighted by molar-refractivity contribution is -0.131. The van der Waals surface area contributed by atoms with Gasteiger partial charge in [0, 0.05) is 36.8 Å². The maximum Gasteiger partial charge on any atom is 0.223 e. The number of aromatic nitrogens is 2. The molecule has 0 spiro atoms. The largest absolute Gasteiger partial charge is 0.395 e. The highest BCUT2D eigenvalue weighted by atomic mass is 32.1. The van der Waals surface area contributed by atoms with E-state index in [0.717, 1.165) is 16.3 Å². The highest BCUT2D eigenvalue weighted by Gasteiger charge is 2.13. The van der Waals surface area contributed by atoms with Crippen molar-refractivity contribution in [2.45, 2.75) is 26.7 Å². The predicted molar refractivity (Wildman–Crippen MR) is 75.5 cm³/mol. The van der Waals surface area contributed by atoms with E-state index in [9.17, 15) is 4.79 Å². The number of aliphatic hydroxyl groups is 1. The van der Waals surface area contributed by atoms with E-state index in [1.54, 1.807) is 16.2 Å². The Morgan fingerprint density at radius 2 is 2.37 bits per heavy atom. The van der Waals surface area contributed by atoms with Crippen molar-refractivity contribution >= 4 is 22.2 Å². The normalized spacial score (nSPS) is 11.1. The summed E-state index contributed by atoms with van der Waals surface area (Å²) in [6, 6.07) is 0. The summed E-state index contributed by atoms with van der Waals surface area (Å²) in [4.78, 5) is 19.0. The van der Waals surface area contributed by atoms with Crippen molar-refractivity contribution in [3.05, 3.63) is 23.0 Å². The molecule has 5 nitrogen and oxygen atoms in total. The second kappa shape index (κ2) is 6.16. The van der Waals surface area contributed by atoms with Crippen LogP contribution in [0.4, 0.5) is 0 Å². The van der Waals surface area contributed by atoms with Crippen LogP contribution in [0.25, 0.3) is 4.96 Å². The van der Waals surface area contributed by atoms with Gasteiger partial charge in [0.2, 0.25) is 5.91 Å². The van der Waals surface area contributed by atoms with Crippen LogP contribution < -0.4 is 0 Å². The number of nitrogens with zero attached hydrogens (tertiary/aromatic N) is 3. The van der Waals surface area contributed by atoms with Gasteiger partial charge in [0.05, 0.1) is 12.3 Å². The van der Waals surface area contributed by atoms with Gasteiger partial charge in [-0.1, -0.05) is 0 Å². The Kier molecular flexibility index (Phi) is 4.55. The van der Waals surface area contributed by atoms with Crippen molar-refractivity contribution in [1.82, 2.24) is 14.3 Å². The van der Waals surface area contributed by atoms with E-state index in [4.69, 9.17) is 5.11 Å². The molecule has 0 aliphatic carbocycles. The van der Waals surface area contributed by atoms with Crippen LogP contribution in [0.3, 0.4) is 0 Å². The van der Waals surface area contributed by atoms with Gasteiger partial charge in [0.15, 0.2) is 4.96 Å².